The van der Waals surface area contributed by atoms with Crippen molar-refractivity contribution in [2.75, 3.05) is 18.0 Å². The first-order valence-electron chi connectivity index (χ1n) is 10.7. The van der Waals surface area contributed by atoms with Crippen LogP contribution in [0.25, 0.3) is 5.69 Å². The second kappa shape index (κ2) is 6.97. The van der Waals surface area contributed by atoms with E-state index in [4.69, 9.17) is 21.4 Å². The van der Waals surface area contributed by atoms with Gasteiger partial charge >= 0.3 is 6.03 Å². The number of fused-ring (bicyclic) bond motifs is 3. The van der Waals surface area contributed by atoms with Gasteiger partial charge in [0.05, 0.1) is 22.6 Å². The molecule has 1 saturated heterocycles. The molecular formula is C22H27ClN6O2. The average Bonchev–Trinajstić information content (AvgIpc) is 3.46. The van der Waals surface area contributed by atoms with E-state index in [1.165, 1.54) is 6.40 Å². The molecule has 164 valence electrons. The standard InChI is InChI=1S/C22H27ClN6O2/c1-14(2)22(25-13-31-26-22)18-19-21(3,4)29(20(30)27-9-5-6-10-27)17-11-15(23)7-8-16(17)28(19)12-24-18/h7-8,11-14,26H,5-6,9-10H2,1-4H3. The number of carbonyl (C=O) groups is 1. The molecule has 8 nitrogen and oxygen atoms in total. The van der Waals surface area contributed by atoms with E-state index in [0.717, 1.165) is 48.7 Å². The van der Waals surface area contributed by atoms with Crippen LogP contribution >= 0.6 is 11.6 Å². The lowest BCUT2D eigenvalue weighted by Crippen LogP contribution is -2.55. The van der Waals surface area contributed by atoms with Crippen LogP contribution in [0.4, 0.5) is 10.5 Å². The zero-order chi connectivity index (χ0) is 22.0. The van der Waals surface area contributed by atoms with Gasteiger partial charge in [0.1, 0.15) is 12.0 Å². The lowest BCUT2D eigenvalue weighted by atomic mass is 9.85. The number of benzene rings is 1. The molecule has 1 aromatic carbocycles. The largest absolute Gasteiger partial charge is 0.394 e. The van der Waals surface area contributed by atoms with Gasteiger partial charge in [-0.3, -0.25) is 9.47 Å². The van der Waals surface area contributed by atoms with Crippen molar-refractivity contribution in [1.29, 1.82) is 0 Å². The Bertz CT molecular complexity index is 1070. The minimum absolute atomic E-state index is 0.0119. The first kappa shape index (κ1) is 20.3. The van der Waals surface area contributed by atoms with Crippen molar-refractivity contribution in [3.8, 4) is 5.69 Å². The number of anilines is 1. The second-order valence-corrected chi connectivity index (χ2v) is 9.63. The van der Waals surface area contributed by atoms with E-state index in [1.807, 2.05) is 28.0 Å². The number of rotatable bonds is 2. The lowest BCUT2D eigenvalue weighted by molar-refractivity contribution is 0.0844. The van der Waals surface area contributed by atoms with Gasteiger partial charge in [-0.05, 0) is 44.9 Å². The Morgan fingerprint density at radius 2 is 1.97 bits per heavy atom. The number of likely N-dealkylation sites (tertiary alicyclic amines) is 1. The van der Waals surface area contributed by atoms with Gasteiger partial charge in [0.25, 0.3) is 0 Å². The fourth-order valence-corrected chi connectivity index (χ4v) is 5.14. The first-order chi connectivity index (χ1) is 14.8. The zero-order valence-corrected chi connectivity index (χ0v) is 19.0. The third kappa shape index (κ3) is 2.81. The number of nitrogens with one attached hydrogen (secondary N) is 1. The van der Waals surface area contributed by atoms with Crippen molar-refractivity contribution in [1.82, 2.24) is 19.9 Å². The minimum Gasteiger partial charge on any atom is -0.394 e. The van der Waals surface area contributed by atoms with Crippen molar-refractivity contribution < 1.29 is 9.63 Å². The lowest BCUT2D eigenvalue weighted by Gasteiger charge is -2.46. The molecule has 0 radical (unpaired) electrons. The fourth-order valence-electron chi connectivity index (χ4n) is 4.97. The van der Waals surface area contributed by atoms with Crippen molar-refractivity contribution in [2.45, 2.75) is 51.7 Å². The Morgan fingerprint density at radius 1 is 1.23 bits per heavy atom. The van der Waals surface area contributed by atoms with E-state index >= 15 is 0 Å². The van der Waals surface area contributed by atoms with Crippen LogP contribution in [0.15, 0.2) is 29.5 Å². The molecule has 2 aromatic rings. The number of urea groups is 1. The third-order valence-corrected chi connectivity index (χ3v) is 6.87. The van der Waals surface area contributed by atoms with Crippen molar-refractivity contribution >= 4 is 29.7 Å². The smallest absolute Gasteiger partial charge is 0.325 e. The quantitative estimate of drug-likeness (QED) is 0.757. The number of hydroxylamine groups is 1. The van der Waals surface area contributed by atoms with Gasteiger partial charge in [0.2, 0.25) is 0 Å². The molecule has 0 bridgehead atoms. The first-order valence-corrected chi connectivity index (χ1v) is 11.1. The number of halogens is 1. The predicted molar refractivity (Wildman–Crippen MR) is 120 cm³/mol. The van der Waals surface area contributed by atoms with E-state index in [2.05, 4.69) is 42.7 Å². The van der Waals surface area contributed by atoms with Gasteiger partial charge in [-0.1, -0.05) is 25.4 Å². The van der Waals surface area contributed by atoms with Crippen LogP contribution in [0.2, 0.25) is 5.02 Å². The van der Waals surface area contributed by atoms with Crippen LogP contribution < -0.4 is 10.4 Å². The van der Waals surface area contributed by atoms with Gasteiger partial charge in [-0.15, -0.1) is 5.48 Å². The second-order valence-electron chi connectivity index (χ2n) is 9.19. The predicted octanol–water partition coefficient (Wildman–Crippen LogP) is 4.17. The molecule has 4 heterocycles. The summed E-state index contributed by atoms with van der Waals surface area (Å²) in [7, 11) is 0. The highest BCUT2D eigenvalue weighted by Gasteiger charge is 2.51. The van der Waals surface area contributed by atoms with Crippen LogP contribution in [0.1, 0.15) is 51.9 Å². The Kier molecular flexibility index (Phi) is 4.57. The molecule has 3 aliphatic heterocycles. The number of aromatic nitrogens is 2. The monoisotopic (exact) mass is 442 g/mol. The van der Waals surface area contributed by atoms with Gasteiger partial charge < -0.3 is 9.74 Å². The summed E-state index contributed by atoms with van der Waals surface area (Å²) < 4.78 is 2.05. The number of hydrogen-bond acceptors (Lipinski definition) is 5. The summed E-state index contributed by atoms with van der Waals surface area (Å²) in [5, 5.41) is 0.590. The van der Waals surface area contributed by atoms with E-state index in [1.54, 1.807) is 6.33 Å². The Balaban J connectivity index is 1.75. The highest BCUT2D eigenvalue weighted by atomic mass is 35.5. The Labute approximate surface area is 186 Å². The maximum absolute atomic E-state index is 13.8. The van der Waals surface area contributed by atoms with E-state index < -0.39 is 11.2 Å². The van der Waals surface area contributed by atoms with Crippen LogP contribution in [0.3, 0.4) is 0 Å². The summed E-state index contributed by atoms with van der Waals surface area (Å²) in [5.74, 6) is 0.0657. The van der Waals surface area contributed by atoms with E-state index in [0.29, 0.717) is 5.02 Å². The molecular weight excluding hydrogens is 416 g/mol. The SMILES string of the molecule is CC(C)C1(c2ncn3c2C(C)(C)N(C(=O)N2CCCC2)c2cc(Cl)ccc2-3)N=CON1. The molecule has 31 heavy (non-hydrogen) atoms. The van der Waals surface area contributed by atoms with E-state index in [9.17, 15) is 4.79 Å². The van der Waals surface area contributed by atoms with Crippen molar-refractivity contribution in [3.05, 3.63) is 40.9 Å². The number of aliphatic imine (C=N–C) groups is 1. The summed E-state index contributed by atoms with van der Waals surface area (Å²) in [6.45, 7) is 9.78. The van der Waals surface area contributed by atoms with Gasteiger partial charge in [0, 0.05) is 24.0 Å². The number of hydrogen-bond donors (Lipinski definition) is 1. The van der Waals surface area contributed by atoms with Crippen molar-refractivity contribution in [3.63, 3.8) is 0 Å². The molecule has 2 amide bonds. The molecule has 1 aromatic heterocycles. The summed E-state index contributed by atoms with van der Waals surface area (Å²) in [4.78, 5) is 32.4. The molecule has 1 unspecified atom stereocenters. The summed E-state index contributed by atoms with van der Waals surface area (Å²) >= 11 is 6.38. The minimum atomic E-state index is -0.829. The van der Waals surface area contributed by atoms with Crippen LogP contribution in [-0.4, -0.2) is 40.0 Å². The van der Waals surface area contributed by atoms with Gasteiger partial charge in [-0.25, -0.2) is 14.8 Å². The highest BCUT2D eigenvalue weighted by molar-refractivity contribution is 6.31. The number of amides is 2. The molecule has 1 fully saturated rings. The van der Waals surface area contributed by atoms with Crippen LogP contribution in [-0.2, 0) is 16.0 Å². The molecule has 9 heteroatoms. The third-order valence-electron chi connectivity index (χ3n) is 6.63. The molecule has 0 spiro atoms. The number of imidazole rings is 1. The van der Waals surface area contributed by atoms with Gasteiger partial charge in [-0.2, -0.15) is 0 Å². The van der Waals surface area contributed by atoms with Gasteiger partial charge in [0.15, 0.2) is 12.1 Å². The topological polar surface area (TPSA) is 75.0 Å². The normalized spacial score (nSPS) is 23.8. The fraction of sp³-hybridized carbons (Fsp3) is 0.500. The maximum Gasteiger partial charge on any atom is 0.325 e. The molecule has 1 N–H and O–H groups in total. The Hall–Kier alpha value is -2.58. The maximum atomic E-state index is 13.8. The average molecular weight is 443 g/mol. The summed E-state index contributed by atoms with van der Waals surface area (Å²) in [6, 6.07) is 5.63. The molecule has 0 aliphatic carbocycles. The zero-order valence-electron chi connectivity index (χ0n) is 18.2. The summed E-state index contributed by atoms with van der Waals surface area (Å²) in [6.07, 6.45) is 5.27. The Morgan fingerprint density at radius 3 is 2.61 bits per heavy atom. The van der Waals surface area contributed by atoms with Crippen LogP contribution in [0.5, 0.6) is 0 Å². The molecule has 3 aliphatic rings. The molecule has 1 atom stereocenters. The number of carbonyl (C=O) groups excluding carboxylic acids is 1. The molecule has 0 saturated carbocycles. The number of nitrogens with zero attached hydrogens (tertiary/aromatic N) is 5. The van der Waals surface area contributed by atoms with Crippen LogP contribution in [0, 0.1) is 5.92 Å². The molecule has 5 rings (SSSR count). The highest BCUT2D eigenvalue weighted by Crippen LogP contribution is 2.48. The van der Waals surface area contributed by atoms with Crippen molar-refractivity contribution in [2.24, 2.45) is 10.9 Å². The van der Waals surface area contributed by atoms with E-state index in [-0.39, 0.29) is 11.9 Å². The summed E-state index contributed by atoms with van der Waals surface area (Å²) in [5.41, 5.74) is 4.83.